The number of amides is 1. The highest BCUT2D eigenvalue weighted by molar-refractivity contribution is 6.74. The maximum Gasteiger partial charge on any atom is 0.258 e. The van der Waals surface area contributed by atoms with E-state index in [-0.39, 0.29) is 28.8 Å². The molecule has 0 bridgehead atoms. The smallest absolute Gasteiger partial charge is 0.258 e. The maximum atomic E-state index is 13.5. The maximum absolute atomic E-state index is 13.5. The number of aromatic hydroxyl groups is 1. The standard InChI is InChI=1S/C23H35NO3Si/c1-15(2)24(16(3)4)22(26)21-18(25)14-13-17-11-10-12-19(20(17)21)27-28(8,9)23(5,6)7/h10-16,25H,1-9H3. The number of hydrogen-bond acceptors (Lipinski definition) is 3. The SMILES string of the molecule is CC(C)N(C(=O)c1c(O)ccc2cccc(O[Si](C)(C)C(C)(C)C)c12)C(C)C. The summed E-state index contributed by atoms with van der Waals surface area (Å²) in [7, 11) is -2.12. The fourth-order valence-electron chi connectivity index (χ4n) is 3.26. The first-order valence-corrected chi connectivity index (χ1v) is 12.9. The van der Waals surface area contributed by atoms with Crippen molar-refractivity contribution in [2.75, 3.05) is 0 Å². The van der Waals surface area contributed by atoms with Crippen molar-refractivity contribution in [1.29, 1.82) is 0 Å². The van der Waals surface area contributed by atoms with Gasteiger partial charge < -0.3 is 14.4 Å². The normalized spacial score (nSPS) is 12.7. The summed E-state index contributed by atoms with van der Waals surface area (Å²) in [6, 6.07) is 9.30. The highest BCUT2D eigenvalue weighted by atomic mass is 28.4. The van der Waals surface area contributed by atoms with Crippen LogP contribution in [-0.4, -0.2) is 36.3 Å². The number of phenols is 1. The highest BCUT2D eigenvalue weighted by Gasteiger charge is 2.39. The summed E-state index contributed by atoms with van der Waals surface area (Å²) in [6.07, 6.45) is 0. The first-order chi connectivity index (χ1) is 12.8. The second kappa shape index (κ2) is 7.78. The molecule has 5 heteroatoms. The van der Waals surface area contributed by atoms with Crippen LogP contribution in [0.3, 0.4) is 0 Å². The largest absolute Gasteiger partial charge is 0.543 e. The number of nitrogens with zero attached hydrogens (tertiary/aromatic N) is 1. The Kier molecular flexibility index (Phi) is 6.19. The van der Waals surface area contributed by atoms with Crippen molar-refractivity contribution < 1.29 is 14.3 Å². The van der Waals surface area contributed by atoms with Gasteiger partial charge in [-0.2, -0.15) is 0 Å². The molecule has 1 amide bonds. The minimum atomic E-state index is -2.12. The van der Waals surface area contributed by atoms with E-state index < -0.39 is 8.32 Å². The summed E-state index contributed by atoms with van der Waals surface area (Å²) >= 11 is 0. The van der Waals surface area contributed by atoms with Gasteiger partial charge in [-0.1, -0.05) is 39.0 Å². The Balaban J connectivity index is 2.74. The zero-order valence-corrected chi connectivity index (χ0v) is 19.8. The minimum absolute atomic E-state index is 0.00455. The van der Waals surface area contributed by atoms with Crippen LogP contribution in [0.4, 0.5) is 0 Å². The van der Waals surface area contributed by atoms with E-state index in [0.717, 1.165) is 5.39 Å². The van der Waals surface area contributed by atoms with Gasteiger partial charge in [-0.15, -0.1) is 0 Å². The van der Waals surface area contributed by atoms with Gasteiger partial charge in [0.2, 0.25) is 0 Å². The molecule has 154 valence electrons. The van der Waals surface area contributed by atoms with Gasteiger partial charge in [-0.05, 0) is 63.3 Å². The number of rotatable bonds is 5. The molecule has 0 aliphatic carbocycles. The van der Waals surface area contributed by atoms with Crippen molar-refractivity contribution in [3.63, 3.8) is 0 Å². The van der Waals surface area contributed by atoms with Crippen LogP contribution in [0.1, 0.15) is 58.8 Å². The van der Waals surface area contributed by atoms with Crippen molar-refractivity contribution in [3.8, 4) is 11.5 Å². The van der Waals surface area contributed by atoms with Crippen LogP contribution >= 0.6 is 0 Å². The average Bonchev–Trinajstić information content (AvgIpc) is 2.53. The Morgan fingerprint density at radius 2 is 1.61 bits per heavy atom. The first kappa shape index (κ1) is 22.3. The third kappa shape index (κ3) is 4.19. The molecule has 0 radical (unpaired) electrons. The molecule has 0 aliphatic rings. The Hall–Kier alpha value is -2.01. The van der Waals surface area contributed by atoms with Crippen LogP contribution < -0.4 is 4.43 Å². The summed E-state index contributed by atoms with van der Waals surface area (Å²) in [5.41, 5.74) is 0.328. The van der Waals surface area contributed by atoms with Gasteiger partial charge in [0.25, 0.3) is 14.2 Å². The number of phenolic OH excluding ortho intramolecular Hbond substituents is 1. The average molecular weight is 402 g/mol. The second-order valence-corrected chi connectivity index (χ2v) is 14.3. The van der Waals surface area contributed by atoms with Gasteiger partial charge in [0.05, 0.1) is 5.56 Å². The number of carbonyl (C=O) groups is 1. The van der Waals surface area contributed by atoms with E-state index in [9.17, 15) is 9.90 Å². The molecule has 0 unspecified atom stereocenters. The van der Waals surface area contributed by atoms with Gasteiger partial charge in [-0.3, -0.25) is 4.79 Å². The number of fused-ring (bicyclic) bond motifs is 1. The zero-order valence-electron chi connectivity index (χ0n) is 18.8. The molecule has 0 heterocycles. The van der Waals surface area contributed by atoms with Gasteiger partial charge in [0, 0.05) is 17.5 Å². The molecule has 0 saturated heterocycles. The van der Waals surface area contributed by atoms with E-state index in [1.54, 1.807) is 11.0 Å². The topological polar surface area (TPSA) is 49.8 Å². The van der Waals surface area contributed by atoms with E-state index in [2.05, 4.69) is 33.9 Å². The molecular weight excluding hydrogens is 366 g/mol. The predicted molar refractivity (Wildman–Crippen MR) is 120 cm³/mol. The van der Waals surface area contributed by atoms with E-state index in [1.807, 2.05) is 52.0 Å². The quantitative estimate of drug-likeness (QED) is 0.608. The van der Waals surface area contributed by atoms with Crippen molar-refractivity contribution in [2.24, 2.45) is 0 Å². The third-order valence-corrected chi connectivity index (χ3v) is 10.1. The number of hydrogen-bond donors (Lipinski definition) is 1. The minimum Gasteiger partial charge on any atom is -0.543 e. The molecule has 0 fully saturated rings. The molecule has 0 saturated carbocycles. The van der Waals surface area contributed by atoms with Gasteiger partial charge >= 0.3 is 0 Å². The fourth-order valence-corrected chi connectivity index (χ4v) is 4.28. The monoisotopic (exact) mass is 401 g/mol. The predicted octanol–water partition coefficient (Wildman–Crippen LogP) is 6.19. The van der Waals surface area contributed by atoms with Crippen molar-refractivity contribution in [2.45, 2.75) is 78.7 Å². The van der Waals surface area contributed by atoms with Crippen LogP contribution in [0.25, 0.3) is 10.8 Å². The Morgan fingerprint density at radius 3 is 2.11 bits per heavy atom. The van der Waals surface area contributed by atoms with Gasteiger partial charge in [0.15, 0.2) is 0 Å². The Labute approximate surface area is 170 Å². The third-order valence-electron chi connectivity index (χ3n) is 5.72. The van der Waals surface area contributed by atoms with Gasteiger partial charge in [0.1, 0.15) is 11.5 Å². The molecule has 0 spiro atoms. The molecule has 2 aromatic carbocycles. The second-order valence-electron chi connectivity index (χ2n) is 9.58. The molecule has 2 rings (SSSR count). The summed E-state index contributed by atoms with van der Waals surface area (Å²) < 4.78 is 6.58. The van der Waals surface area contributed by atoms with E-state index in [0.29, 0.717) is 16.7 Å². The highest BCUT2D eigenvalue weighted by Crippen LogP contribution is 2.41. The molecule has 4 nitrogen and oxygen atoms in total. The first-order valence-electron chi connectivity index (χ1n) is 10.0. The van der Waals surface area contributed by atoms with E-state index >= 15 is 0 Å². The summed E-state index contributed by atoms with van der Waals surface area (Å²) in [6.45, 7) is 18.9. The lowest BCUT2D eigenvalue weighted by molar-refractivity contribution is 0.0642. The van der Waals surface area contributed by atoms with Crippen LogP contribution in [0, 0.1) is 0 Å². The van der Waals surface area contributed by atoms with Crippen molar-refractivity contribution in [1.82, 2.24) is 4.90 Å². The van der Waals surface area contributed by atoms with E-state index in [4.69, 9.17) is 4.43 Å². The lowest BCUT2D eigenvalue weighted by Gasteiger charge is -2.37. The van der Waals surface area contributed by atoms with Gasteiger partial charge in [-0.25, -0.2) is 0 Å². The summed E-state index contributed by atoms with van der Waals surface area (Å²) in [4.78, 5) is 15.3. The lowest BCUT2D eigenvalue weighted by atomic mass is 10.0. The Bertz CT molecular complexity index is 858. The molecule has 0 aromatic heterocycles. The van der Waals surface area contributed by atoms with Crippen molar-refractivity contribution >= 4 is 25.0 Å². The summed E-state index contributed by atoms with van der Waals surface area (Å²) in [5.74, 6) is 0.505. The molecule has 0 atom stereocenters. The lowest BCUT2D eigenvalue weighted by Crippen LogP contribution is -2.44. The zero-order chi connectivity index (χ0) is 21.4. The number of benzene rings is 2. The van der Waals surface area contributed by atoms with Crippen molar-refractivity contribution in [3.05, 3.63) is 35.9 Å². The van der Waals surface area contributed by atoms with E-state index in [1.165, 1.54) is 0 Å². The van der Waals surface area contributed by atoms with Crippen LogP contribution in [0.15, 0.2) is 30.3 Å². The Morgan fingerprint density at radius 1 is 1.04 bits per heavy atom. The molecule has 1 N–H and O–H groups in total. The van der Waals surface area contributed by atoms with Crippen LogP contribution in [0.2, 0.25) is 18.1 Å². The van der Waals surface area contributed by atoms with Crippen LogP contribution in [-0.2, 0) is 0 Å². The molecule has 28 heavy (non-hydrogen) atoms. The number of carbonyl (C=O) groups excluding carboxylic acids is 1. The van der Waals surface area contributed by atoms with Crippen LogP contribution in [0.5, 0.6) is 11.5 Å². The molecule has 2 aromatic rings. The summed E-state index contributed by atoms with van der Waals surface area (Å²) in [5, 5.41) is 12.3. The molecule has 0 aliphatic heterocycles. The molecular formula is C23H35NO3Si. The fraction of sp³-hybridized carbons (Fsp3) is 0.522.